The smallest absolute Gasteiger partial charge is 0.400 e. The van der Waals surface area contributed by atoms with Crippen molar-refractivity contribution in [3.05, 3.63) is 89.0 Å². The number of benzene rings is 3. The molecular weight excluding hydrogens is 403 g/mol. The highest BCUT2D eigenvalue weighted by atomic mass is 16.6. The molecule has 2 bridgehead atoms. The predicted octanol–water partition coefficient (Wildman–Crippen LogP) is 3.45. The molecule has 3 aromatic carbocycles. The van der Waals surface area contributed by atoms with Crippen molar-refractivity contribution >= 4 is 40.7 Å². The van der Waals surface area contributed by atoms with Crippen LogP contribution in [0.5, 0.6) is 0 Å². The lowest BCUT2D eigenvalue weighted by atomic mass is 9.65. The Morgan fingerprint density at radius 2 is 1.56 bits per heavy atom. The number of fused-ring (bicyclic) bond motifs is 5. The summed E-state index contributed by atoms with van der Waals surface area (Å²) >= 11 is 0. The average Bonchev–Trinajstić information content (AvgIpc) is 2.81. The van der Waals surface area contributed by atoms with Crippen LogP contribution in [0.3, 0.4) is 0 Å². The number of Topliss-reactive ketones (excluding diaryl/α,β-unsaturated/α-hetero) is 3. The number of carbonyl (C=O) groups is 3. The van der Waals surface area contributed by atoms with E-state index in [9.17, 15) is 14.4 Å². The van der Waals surface area contributed by atoms with Crippen molar-refractivity contribution in [1.29, 1.82) is 0 Å². The Morgan fingerprint density at radius 1 is 0.938 bits per heavy atom. The molecule has 5 nitrogen and oxygen atoms in total. The van der Waals surface area contributed by atoms with Gasteiger partial charge in [-0.2, -0.15) is 0 Å². The Hall–Kier alpha value is -3.35. The maximum Gasteiger partial charge on any atom is 0.495 e. The van der Waals surface area contributed by atoms with Crippen LogP contribution in [0.2, 0.25) is 0 Å². The van der Waals surface area contributed by atoms with E-state index in [1.165, 1.54) is 6.92 Å². The predicted molar refractivity (Wildman–Crippen MR) is 120 cm³/mol. The standard InChI is InChI=1S/C26H19BO5/c1-15(28)26-13-21-23(22(14-26)31-27(32-26)18-9-3-2-4-10-18)25(30)20-12-17-8-6-5-7-16(17)11-19(20)24(21)29/h2-12,22H,13-14H2,1H3/t22-,26-/m0/s1. The zero-order valence-corrected chi connectivity index (χ0v) is 17.5. The quantitative estimate of drug-likeness (QED) is 0.592. The van der Waals surface area contributed by atoms with Gasteiger partial charge in [0.25, 0.3) is 0 Å². The molecule has 6 heteroatoms. The van der Waals surface area contributed by atoms with Gasteiger partial charge >= 0.3 is 7.12 Å². The van der Waals surface area contributed by atoms with Crippen molar-refractivity contribution in [2.24, 2.45) is 0 Å². The van der Waals surface area contributed by atoms with Gasteiger partial charge in [-0.3, -0.25) is 14.4 Å². The van der Waals surface area contributed by atoms with Crippen LogP contribution in [0.25, 0.3) is 10.8 Å². The maximum absolute atomic E-state index is 13.6. The summed E-state index contributed by atoms with van der Waals surface area (Å²) in [6.45, 7) is 1.48. The van der Waals surface area contributed by atoms with Crippen LogP contribution in [0, 0.1) is 0 Å². The minimum Gasteiger partial charge on any atom is -0.400 e. The highest BCUT2D eigenvalue weighted by molar-refractivity contribution is 6.62. The summed E-state index contributed by atoms with van der Waals surface area (Å²) in [4.78, 5) is 40.0. The Kier molecular flexibility index (Phi) is 4.13. The third kappa shape index (κ3) is 2.70. The highest BCUT2D eigenvalue weighted by Gasteiger charge is 2.56. The summed E-state index contributed by atoms with van der Waals surface area (Å²) < 4.78 is 12.4. The summed E-state index contributed by atoms with van der Waals surface area (Å²) in [7, 11) is -0.784. The van der Waals surface area contributed by atoms with Crippen molar-refractivity contribution < 1.29 is 23.7 Å². The van der Waals surface area contributed by atoms with Crippen LogP contribution in [0.1, 0.15) is 40.5 Å². The molecule has 1 heterocycles. The summed E-state index contributed by atoms with van der Waals surface area (Å²) in [6, 6.07) is 20.6. The second kappa shape index (κ2) is 6.83. The third-order valence-electron chi connectivity index (χ3n) is 6.85. The highest BCUT2D eigenvalue weighted by Crippen LogP contribution is 2.46. The van der Waals surface area contributed by atoms with Crippen LogP contribution < -0.4 is 5.46 Å². The zero-order valence-electron chi connectivity index (χ0n) is 17.5. The van der Waals surface area contributed by atoms with E-state index in [1.807, 2.05) is 54.6 Å². The molecule has 32 heavy (non-hydrogen) atoms. The first kappa shape index (κ1) is 19.3. The molecule has 0 spiro atoms. The molecule has 6 rings (SSSR count). The lowest BCUT2D eigenvalue weighted by molar-refractivity contribution is -0.141. The molecule has 1 saturated heterocycles. The van der Waals surface area contributed by atoms with Gasteiger partial charge in [-0.05, 0) is 35.3 Å². The average molecular weight is 422 g/mol. The second-order valence-electron chi connectivity index (χ2n) is 8.71. The number of hydrogen-bond acceptors (Lipinski definition) is 5. The van der Waals surface area contributed by atoms with Gasteiger partial charge in [0.05, 0.1) is 6.10 Å². The fourth-order valence-electron chi connectivity index (χ4n) is 5.15. The van der Waals surface area contributed by atoms with E-state index in [0.29, 0.717) is 22.3 Å². The van der Waals surface area contributed by atoms with Gasteiger partial charge in [-0.15, -0.1) is 0 Å². The Morgan fingerprint density at radius 3 is 2.22 bits per heavy atom. The number of hydrogen-bond donors (Lipinski definition) is 0. The number of ketones is 3. The molecule has 2 atom stereocenters. The first-order chi connectivity index (χ1) is 15.5. The van der Waals surface area contributed by atoms with E-state index in [4.69, 9.17) is 9.31 Å². The molecule has 0 unspecified atom stereocenters. The largest absolute Gasteiger partial charge is 0.495 e. The van der Waals surface area contributed by atoms with Crippen molar-refractivity contribution in [3.63, 3.8) is 0 Å². The molecule has 3 aromatic rings. The lowest BCUT2D eigenvalue weighted by Crippen LogP contribution is -2.61. The minimum atomic E-state index is -1.19. The molecule has 1 fully saturated rings. The van der Waals surface area contributed by atoms with Gasteiger partial charge < -0.3 is 9.31 Å². The van der Waals surface area contributed by atoms with Crippen LogP contribution in [-0.2, 0) is 14.1 Å². The first-order valence-electron chi connectivity index (χ1n) is 10.7. The van der Waals surface area contributed by atoms with Crippen molar-refractivity contribution in [3.8, 4) is 0 Å². The van der Waals surface area contributed by atoms with Crippen LogP contribution in [0.15, 0.2) is 77.9 Å². The van der Waals surface area contributed by atoms with E-state index >= 15 is 0 Å². The third-order valence-corrected chi connectivity index (χ3v) is 6.85. The summed E-state index contributed by atoms with van der Waals surface area (Å²) in [5, 5.41) is 1.80. The fraction of sp³-hybridized carbons (Fsp3) is 0.192. The number of carbonyl (C=O) groups excluding carboxylic acids is 3. The molecule has 156 valence electrons. The van der Waals surface area contributed by atoms with Gasteiger partial charge in [0, 0.05) is 35.1 Å². The SMILES string of the molecule is CC(=O)[C@]12CC3=C(C(=O)c4cc5ccccc5cc4C3=O)[C@H](C1)OB(c1ccccc1)O2. The van der Waals surface area contributed by atoms with Crippen molar-refractivity contribution in [2.45, 2.75) is 31.5 Å². The molecule has 0 aromatic heterocycles. The Balaban J connectivity index is 1.50. The molecule has 0 N–H and O–H groups in total. The lowest BCUT2D eigenvalue weighted by Gasteiger charge is -2.48. The van der Waals surface area contributed by atoms with Gasteiger partial charge in [-0.25, -0.2) is 0 Å². The Bertz CT molecular complexity index is 1360. The molecule has 0 amide bonds. The fourth-order valence-corrected chi connectivity index (χ4v) is 5.15. The van der Waals surface area contributed by atoms with Crippen LogP contribution >= 0.6 is 0 Å². The van der Waals surface area contributed by atoms with Gasteiger partial charge in [0.15, 0.2) is 17.3 Å². The van der Waals surface area contributed by atoms with Gasteiger partial charge in [-0.1, -0.05) is 54.6 Å². The Labute approximate surface area is 185 Å². The summed E-state index contributed by atoms with van der Waals surface area (Å²) in [6.07, 6.45) is -0.373. The summed E-state index contributed by atoms with van der Waals surface area (Å²) in [5.74, 6) is -0.583. The van der Waals surface area contributed by atoms with E-state index in [1.54, 1.807) is 12.1 Å². The first-order valence-corrected chi connectivity index (χ1v) is 10.7. The number of rotatable bonds is 2. The van der Waals surface area contributed by atoms with Gasteiger partial charge in [0.2, 0.25) is 0 Å². The second-order valence-corrected chi connectivity index (χ2v) is 8.71. The maximum atomic E-state index is 13.6. The van der Waals surface area contributed by atoms with Crippen LogP contribution in [0.4, 0.5) is 0 Å². The molecule has 2 aliphatic carbocycles. The molecule has 0 radical (unpaired) electrons. The monoisotopic (exact) mass is 422 g/mol. The topological polar surface area (TPSA) is 69.7 Å². The van der Waals surface area contributed by atoms with Crippen LogP contribution in [-0.4, -0.2) is 36.2 Å². The molecule has 0 saturated carbocycles. The van der Waals surface area contributed by atoms with Crippen molar-refractivity contribution in [2.75, 3.05) is 0 Å². The molecular formula is C26H19BO5. The summed E-state index contributed by atoms with van der Waals surface area (Å²) in [5.41, 5.74) is 1.08. The van der Waals surface area contributed by atoms with E-state index in [-0.39, 0.29) is 30.2 Å². The minimum absolute atomic E-state index is 0.0811. The molecule has 1 aliphatic heterocycles. The van der Waals surface area contributed by atoms with E-state index < -0.39 is 18.8 Å². The zero-order chi connectivity index (χ0) is 22.0. The normalized spacial score (nSPS) is 24.4. The van der Waals surface area contributed by atoms with E-state index in [0.717, 1.165) is 16.2 Å². The molecule has 3 aliphatic rings. The van der Waals surface area contributed by atoms with Gasteiger partial charge in [0.1, 0.15) is 5.60 Å². The van der Waals surface area contributed by atoms with Crippen molar-refractivity contribution in [1.82, 2.24) is 0 Å². The van der Waals surface area contributed by atoms with E-state index in [2.05, 4.69) is 0 Å².